The number of aliphatic hydroxyl groups is 2. The van der Waals surface area contributed by atoms with Gasteiger partial charge in [-0.1, -0.05) is 0 Å². The van der Waals surface area contributed by atoms with E-state index in [2.05, 4.69) is 0 Å². The number of ether oxygens (including phenoxy) is 4. The quantitative estimate of drug-likeness (QED) is 0.716. The molecule has 1 aliphatic heterocycles. The van der Waals surface area contributed by atoms with Gasteiger partial charge in [-0.05, 0) is 27.7 Å². The Morgan fingerprint density at radius 3 is 1.44 bits per heavy atom. The highest BCUT2D eigenvalue weighted by Gasteiger charge is 2.57. The van der Waals surface area contributed by atoms with Crippen molar-refractivity contribution in [2.45, 2.75) is 51.5 Å². The SMILES string of the molecule is CCO[C@]1(C)O[C@@H](CO)[C@H](CO)O[C@@]1(C)OCC. The molecule has 0 bridgehead atoms. The summed E-state index contributed by atoms with van der Waals surface area (Å²) in [6.45, 7) is 7.44. The van der Waals surface area contributed by atoms with E-state index in [1.165, 1.54) is 0 Å². The average Bonchev–Trinajstić information content (AvgIpc) is 2.33. The minimum absolute atomic E-state index is 0.254. The molecule has 0 unspecified atom stereocenters. The Morgan fingerprint density at radius 2 is 1.22 bits per heavy atom. The van der Waals surface area contributed by atoms with Crippen LogP contribution in [0.4, 0.5) is 0 Å². The van der Waals surface area contributed by atoms with Crippen LogP contribution in [0.3, 0.4) is 0 Å². The molecule has 1 rings (SSSR count). The van der Waals surface area contributed by atoms with E-state index in [0.717, 1.165) is 0 Å². The van der Waals surface area contributed by atoms with Crippen molar-refractivity contribution >= 4 is 0 Å². The van der Waals surface area contributed by atoms with E-state index in [1.807, 2.05) is 13.8 Å². The maximum absolute atomic E-state index is 9.28. The molecular weight excluding hydrogens is 240 g/mol. The normalized spacial score (nSPS) is 41.0. The molecule has 6 nitrogen and oxygen atoms in total. The highest BCUT2D eigenvalue weighted by atomic mass is 16.8. The van der Waals surface area contributed by atoms with Crippen molar-refractivity contribution in [3.63, 3.8) is 0 Å². The maximum atomic E-state index is 9.28. The molecule has 0 radical (unpaired) electrons. The summed E-state index contributed by atoms with van der Waals surface area (Å²) in [4.78, 5) is 0. The fourth-order valence-corrected chi connectivity index (χ4v) is 2.13. The van der Waals surface area contributed by atoms with Crippen LogP contribution in [0.5, 0.6) is 0 Å². The Hall–Kier alpha value is -0.240. The van der Waals surface area contributed by atoms with E-state index in [1.54, 1.807) is 13.8 Å². The summed E-state index contributed by atoms with van der Waals surface area (Å²) >= 11 is 0. The lowest BCUT2D eigenvalue weighted by atomic mass is 10.0. The molecular formula is C12H24O6. The number of rotatable bonds is 6. The van der Waals surface area contributed by atoms with E-state index in [9.17, 15) is 10.2 Å². The molecule has 2 N–H and O–H groups in total. The monoisotopic (exact) mass is 264 g/mol. The van der Waals surface area contributed by atoms with Crippen molar-refractivity contribution in [1.29, 1.82) is 0 Å². The molecule has 108 valence electrons. The van der Waals surface area contributed by atoms with Crippen molar-refractivity contribution < 1.29 is 29.2 Å². The Bertz CT molecular complexity index is 235. The van der Waals surface area contributed by atoms with E-state index in [4.69, 9.17) is 18.9 Å². The summed E-state index contributed by atoms with van der Waals surface area (Å²) in [5.41, 5.74) is 0. The molecule has 0 saturated carbocycles. The fraction of sp³-hybridized carbons (Fsp3) is 1.00. The Morgan fingerprint density at radius 1 is 0.889 bits per heavy atom. The first-order valence-corrected chi connectivity index (χ1v) is 6.31. The van der Waals surface area contributed by atoms with Crippen LogP contribution >= 0.6 is 0 Å². The molecule has 6 heteroatoms. The summed E-state index contributed by atoms with van der Waals surface area (Å²) in [5.74, 6) is -2.26. The molecule has 1 saturated heterocycles. The van der Waals surface area contributed by atoms with Gasteiger partial charge >= 0.3 is 0 Å². The lowest BCUT2D eigenvalue weighted by molar-refractivity contribution is -0.458. The van der Waals surface area contributed by atoms with Crippen molar-refractivity contribution in [3.05, 3.63) is 0 Å². The molecule has 0 aliphatic carbocycles. The lowest BCUT2D eigenvalue weighted by Crippen LogP contribution is -2.67. The molecule has 1 aliphatic rings. The second-order valence-corrected chi connectivity index (χ2v) is 4.44. The molecule has 0 amide bonds. The molecule has 0 aromatic heterocycles. The van der Waals surface area contributed by atoms with Gasteiger partial charge in [0.1, 0.15) is 12.2 Å². The zero-order valence-corrected chi connectivity index (χ0v) is 11.5. The first-order chi connectivity index (χ1) is 8.46. The van der Waals surface area contributed by atoms with Crippen LogP contribution in [0.1, 0.15) is 27.7 Å². The van der Waals surface area contributed by atoms with Gasteiger partial charge < -0.3 is 29.2 Å². The first-order valence-electron chi connectivity index (χ1n) is 6.31. The topological polar surface area (TPSA) is 77.4 Å². The molecule has 0 spiro atoms. The summed E-state index contributed by atoms with van der Waals surface area (Å²) in [5, 5.41) is 18.6. The summed E-state index contributed by atoms with van der Waals surface area (Å²) in [7, 11) is 0. The summed E-state index contributed by atoms with van der Waals surface area (Å²) < 4.78 is 22.7. The van der Waals surface area contributed by atoms with Gasteiger partial charge in [-0.25, -0.2) is 0 Å². The Labute approximate surface area is 108 Å². The highest BCUT2D eigenvalue weighted by molar-refractivity contribution is 4.91. The van der Waals surface area contributed by atoms with Gasteiger partial charge in [-0.3, -0.25) is 0 Å². The zero-order valence-electron chi connectivity index (χ0n) is 11.5. The van der Waals surface area contributed by atoms with Crippen LogP contribution in [0.2, 0.25) is 0 Å². The van der Waals surface area contributed by atoms with Crippen molar-refractivity contribution in [2.24, 2.45) is 0 Å². The minimum Gasteiger partial charge on any atom is -0.394 e. The van der Waals surface area contributed by atoms with Gasteiger partial charge in [0.05, 0.1) is 13.2 Å². The van der Waals surface area contributed by atoms with Crippen molar-refractivity contribution in [3.8, 4) is 0 Å². The van der Waals surface area contributed by atoms with Crippen LogP contribution in [0, 0.1) is 0 Å². The summed E-state index contributed by atoms with van der Waals surface area (Å²) in [6.07, 6.45) is -1.28. The standard InChI is InChI=1S/C12H24O6/c1-5-15-11(3)12(4,16-6-2)18-10(8-14)9(7-13)17-11/h9-10,13-14H,5-8H2,1-4H3/t9-,10-,11+,12+/m0/s1. The lowest BCUT2D eigenvalue weighted by Gasteiger charge is -2.52. The smallest absolute Gasteiger partial charge is 0.220 e. The predicted molar refractivity (Wildman–Crippen MR) is 64.0 cm³/mol. The van der Waals surface area contributed by atoms with E-state index in [0.29, 0.717) is 13.2 Å². The van der Waals surface area contributed by atoms with Gasteiger partial charge in [0, 0.05) is 13.2 Å². The second-order valence-electron chi connectivity index (χ2n) is 4.44. The summed E-state index contributed by atoms with van der Waals surface area (Å²) in [6, 6.07) is 0. The van der Waals surface area contributed by atoms with Crippen LogP contribution in [-0.2, 0) is 18.9 Å². The number of hydrogen-bond donors (Lipinski definition) is 2. The largest absolute Gasteiger partial charge is 0.394 e. The van der Waals surface area contributed by atoms with Gasteiger partial charge in [0.2, 0.25) is 11.6 Å². The third-order valence-corrected chi connectivity index (χ3v) is 3.19. The van der Waals surface area contributed by atoms with E-state index in [-0.39, 0.29) is 13.2 Å². The van der Waals surface area contributed by atoms with Crippen molar-refractivity contribution in [1.82, 2.24) is 0 Å². The Balaban J connectivity index is 2.97. The Kier molecular flexibility index (Phi) is 5.51. The first kappa shape index (κ1) is 15.8. The number of aliphatic hydroxyl groups excluding tert-OH is 2. The second kappa shape index (κ2) is 6.27. The minimum atomic E-state index is -1.13. The fourth-order valence-electron chi connectivity index (χ4n) is 2.13. The molecule has 4 atom stereocenters. The molecule has 1 heterocycles. The van der Waals surface area contributed by atoms with Gasteiger partial charge in [-0.15, -0.1) is 0 Å². The highest BCUT2D eigenvalue weighted by Crippen LogP contribution is 2.39. The van der Waals surface area contributed by atoms with Gasteiger partial charge in [0.25, 0.3) is 0 Å². The molecule has 18 heavy (non-hydrogen) atoms. The third kappa shape index (κ3) is 2.84. The van der Waals surface area contributed by atoms with Gasteiger partial charge in [-0.2, -0.15) is 0 Å². The number of hydrogen-bond acceptors (Lipinski definition) is 6. The van der Waals surface area contributed by atoms with Crippen LogP contribution in [-0.4, -0.2) is 60.4 Å². The van der Waals surface area contributed by atoms with E-state index >= 15 is 0 Å². The molecule has 0 aromatic rings. The zero-order chi connectivity index (χ0) is 13.8. The maximum Gasteiger partial charge on any atom is 0.220 e. The van der Waals surface area contributed by atoms with Crippen LogP contribution in [0.25, 0.3) is 0 Å². The van der Waals surface area contributed by atoms with Crippen LogP contribution in [0.15, 0.2) is 0 Å². The van der Waals surface area contributed by atoms with Crippen molar-refractivity contribution in [2.75, 3.05) is 26.4 Å². The van der Waals surface area contributed by atoms with E-state index < -0.39 is 23.8 Å². The predicted octanol–water partition coefficient (Wildman–Crippen LogP) is 0.260. The molecule has 1 fully saturated rings. The van der Waals surface area contributed by atoms with Crippen LogP contribution < -0.4 is 0 Å². The van der Waals surface area contributed by atoms with Gasteiger partial charge in [0.15, 0.2) is 0 Å². The molecule has 0 aromatic carbocycles. The third-order valence-electron chi connectivity index (χ3n) is 3.19. The average molecular weight is 264 g/mol.